The summed E-state index contributed by atoms with van der Waals surface area (Å²) in [6.07, 6.45) is 0.955. The van der Waals surface area contributed by atoms with Gasteiger partial charge in [0.1, 0.15) is 12.7 Å². The first-order chi connectivity index (χ1) is 10.3. The van der Waals surface area contributed by atoms with Gasteiger partial charge < -0.3 is 14.8 Å². The number of hydrogen-bond donors (Lipinski definition) is 1. The zero-order valence-corrected chi connectivity index (χ0v) is 14.2. The summed E-state index contributed by atoms with van der Waals surface area (Å²) in [6.45, 7) is 3.61. The van der Waals surface area contributed by atoms with Crippen LogP contribution in [0, 0.1) is 0 Å². The van der Waals surface area contributed by atoms with Gasteiger partial charge in [0.25, 0.3) is 0 Å². The quantitative estimate of drug-likeness (QED) is 0.869. The zero-order chi connectivity index (χ0) is 14.7. The number of halogens is 1. The number of fused-ring (bicyclic) bond motifs is 1. The average molecular weight is 368 g/mol. The lowest BCUT2D eigenvalue weighted by Crippen LogP contribution is -2.49. The zero-order valence-electron chi connectivity index (χ0n) is 11.8. The summed E-state index contributed by atoms with van der Waals surface area (Å²) in [5, 5.41) is 5.64. The number of likely N-dealkylation sites (N-methyl/N-ethyl adjacent to an activating group) is 1. The second kappa shape index (κ2) is 6.81. The van der Waals surface area contributed by atoms with Crippen molar-refractivity contribution in [2.45, 2.75) is 25.5 Å². The second-order valence-corrected chi connectivity index (χ2v) is 6.83. The Morgan fingerprint density at radius 1 is 1.33 bits per heavy atom. The molecule has 0 bridgehead atoms. The van der Waals surface area contributed by atoms with E-state index in [9.17, 15) is 0 Å². The molecule has 3 rings (SSSR count). The van der Waals surface area contributed by atoms with Gasteiger partial charge in [0.2, 0.25) is 0 Å². The van der Waals surface area contributed by atoms with E-state index >= 15 is 0 Å². The molecule has 2 atom stereocenters. The van der Waals surface area contributed by atoms with E-state index in [1.54, 1.807) is 11.3 Å². The first-order valence-electron chi connectivity index (χ1n) is 7.11. The SMILES string of the molecule is CCNC(Cc1sccc1Br)C1COc2ccccc2O1. The van der Waals surface area contributed by atoms with Gasteiger partial charge >= 0.3 is 0 Å². The van der Waals surface area contributed by atoms with Crippen LogP contribution in [0.5, 0.6) is 11.5 Å². The highest BCUT2D eigenvalue weighted by Gasteiger charge is 2.29. The summed E-state index contributed by atoms with van der Waals surface area (Å²) >= 11 is 5.38. The van der Waals surface area contributed by atoms with Gasteiger partial charge in [-0.05, 0) is 46.1 Å². The van der Waals surface area contributed by atoms with Crippen molar-refractivity contribution >= 4 is 27.3 Å². The number of hydrogen-bond acceptors (Lipinski definition) is 4. The van der Waals surface area contributed by atoms with Gasteiger partial charge in [-0.2, -0.15) is 0 Å². The van der Waals surface area contributed by atoms with Crippen molar-refractivity contribution in [2.24, 2.45) is 0 Å². The number of nitrogens with one attached hydrogen (secondary N) is 1. The van der Waals surface area contributed by atoms with E-state index in [0.717, 1.165) is 24.5 Å². The highest BCUT2D eigenvalue weighted by atomic mass is 79.9. The molecule has 0 saturated carbocycles. The van der Waals surface area contributed by atoms with Crippen LogP contribution in [0.3, 0.4) is 0 Å². The van der Waals surface area contributed by atoms with Crippen LogP contribution in [0.25, 0.3) is 0 Å². The van der Waals surface area contributed by atoms with Crippen molar-refractivity contribution in [3.63, 3.8) is 0 Å². The molecular formula is C16H18BrNO2S. The Hall–Kier alpha value is -1.04. The van der Waals surface area contributed by atoms with E-state index < -0.39 is 0 Å². The minimum Gasteiger partial charge on any atom is -0.486 e. The van der Waals surface area contributed by atoms with Crippen molar-refractivity contribution in [3.8, 4) is 11.5 Å². The fourth-order valence-corrected chi connectivity index (χ4v) is 4.08. The lowest BCUT2D eigenvalue weighted by atomic mass is 10.1. The first kappa shape index (κ1) is 14.9. The molecule has 21 heavy (non-hydrogen) atoms. The van der Waals surface area contributed by atoms with Crippen LogP contribution in [0.15, 0.2) is 40.2 Å². The van der Waals surface area contributed by atoms with Crippen LogP contribution in [0.2, 0.25) is 0 Å². The van der Waals surface area contributed by atoms with Crippen LogP contribution in [-0.4, -0.2) is 25.3 Å². The molecule has 2 unspecified atom stereocenters. The summed E-state index contributed by atoms with van der Waals surface area (Å²) in [4.78, 5) is 1.34. The average Bonchev–Trinajstić information content (AvgIpc) is 2.91. The van der Waals surface area contributed by atoms with Crippen molar-refractivity contribution in [1.29, 1.82) is 0 Å². The van der Waals surface area contributed by atoms with Crippen LogP contribution >= 0.6 is 27.3 Å². The highest BCUT2D eigenvalue weighted by molar-refractivity contribution is 9.10. The number of ether oxygens (including phenoxy) is 2. The van der Waals surface area contributed by atoms with Crippen molar-refractivity contribution in [3.05, 3.63) is 45.1 Å². The van der Waals surface area contributed by atoms with Gasteiger partial charge in [-0.3, -0.25) is 0 Å². The summed E-state index contributed by atoms with van der Waals surface area (Å²) < 4.78 is 13.2. The van der Waals surface area contributed by atoms with E-state index in [-0.39, 0.29) is 12.1 Å². The summed E-state index contributed by atoms with van der Waals surface area (Å²) in [7, 11) is 0. The Bertz CT molecular complexity index is 601. The molecule has 0 saturated heterocycles. The van der Waals surface area contributed by atoms with E-state index in [1.807, 2.05) is 24.3 Å². The summed E-state index contributed by atoms with van der Waals surface area (Å²) in [5.41, 5.74) is 0. The molecule has 0 fully saturated rings. The normalized spacial score (nSPS) is 18.5. The van der Waals surface area contributed by atoms with E-state index in [1.165, 1.54) is 9.35 Å². The molecule has 2 heterocycles. The largest absolute Gasteiger partial charge is 0.486 e. The fraction of sp³-hybridized carbons (Fsp3) is 0.375. The third-order valence-corrected chi connectivity index (χ3v) is 5.49. The molecule has 1 aromatic heterocycles. The van der Waals surface area contributed by atoms with Crippen molar-refractivity contribution in [1.82, 2.24) is 5.32 Å². The fourth-order valence-electron chi connectivity index (χ4n) is 2.50. The second-order valence-electron chi connectivity index (χ2n) is 4.97. The minimum atomic E-state index is 0.0221. The number of benzene rings is 1. The van der Waals surface area contributed by atoms with Crippen LogP contribution in [0.4, 0.5) is 0 Å². The molecular weight excluding hydrogens is 350 g/mol. The van der Waals surface area contributed by atoms with Crippen LogP contribution in [-0.2, 0) is 6.42 Å². The number of rotatable bonds is 5. The maximum absolute atomic E-state index is 6.14. The molecule has 1 aliphatic rings. The Morgan fingerprint density at radius 2 is 2.14 bits per heavy atom. The predicted molar refractivity (Wildman–Crippen MR) is 89.5 cm³/mol. The van der Waals surface area contributed by atoms with Crippen LogP contribution < -0.4 is 14.8 Å². The third-order valence-electron chi connectivity index (χ3n) is 3.54. The van der Waals surface area contributed by atoms with Gasteiger partial charge in [-0.25, -0.2) is 0 Å². The molecule has 0 spiro atoms. The summed E-state index contributed by atoms with van der Waals surface area (Å²) in [5.74, 6) is 1.67. The molecule has 0 radical (unpaired) electrons. The third kappa shape index (κ3) is 3.42. The topological polar surface area (TPSA) is 30.5 Å². The van der Waals surface area contributed by atoms with Gasteiger partial charge in [0, 0.05) is 15.8 Å². The number of para-hydroxylation sites is 2. The Balaban J connectivity index is 1.74. The minimum absolute atomic E-state index is 0.0221. The summed E-state index contributed by atoms with van der Waals surface area (Å²) in [6, 6.07) is 10.2. The molecule has 112 valence electrons. The lowest BCUT2D eigenvalue weighted by molar-refractivity contribution is 0.0626. The Morgan fingerprint density at radius 3 is 2.86 bits per heavy atom. The molecule has 5 heteroatoms. The molecule has 1 N–H and O–H groups in total. The maximum atomic E-state index is 6.14. The highest BCUT2D eigenvalue weighted by Crippen LogP contribution is 2.33. The molecule has 3 nitrogen and oxygen atoms in total. The van der Waals surface area contributed by atoms with Gasteiger partial charge in [0.05, 0.1) is 6.04 Å². The maximum Gasteiger partial charge on any atom is 0.161 e. The first-order valence-corrected chi connectivity index (χ1v) is 8.79. The lowest BCUT2D eigenvalue weighted by Gasteiger charge is -2.32. The molecule has 1 aromatic carbocycles. The Kier molecular flexibility index (Phi) is 4.83. The molecule has 0 aliphatic carbocycles. The van der Waals surface area contributed by atoms with Gasteiger partial charge in [0.15, 0.2) is 11.5 Å². The van der Waals surface area contributed by atoms with E-state index in [0.29, 0.717) is 6.61 Å². The van der Waals surface area contributed by atoms with Crippen LogP contribution in [0.1, 0.15) is 11.8 Å². The predicted octanol–water partition coefficient (Wildman–Crippen LogP) is 3.87. The van der Waals surface area contributed by atoms with Gasteiger partial charge in [-0.15, -0.1) is 11.3 Å². The van der Waals surface area contributed by atoms with Crippen molar-refractivity contribution in [2.75, 3.05) is 13.2 Å². The number of thiophene rings is 1. The smallest absolute Gasteiger partial charge is 0.161 e. The molecule has 1 aliphatic heterocycles. The van der Waals surface area contributed by atoms with E-state index in [2.05, 4.69) is 39.6 Å². The standard InChI is InChI=1S/C16H18BrNO2S/c1-2-18-12(9-16-11(17)7-8-21-16)15-10-19-13-5-3-4-6-14(13)20-15/h3-8,12,15,18H,2,9-10H2,1H3. The molecule has 2 aromatic rings. The van der Waals surface area contributed by atoms with E-state index in [4.69, 9.17) is 9.47 Å². The van der Waals surface area contributed by atoms with Gasteiger partial charge in [-0.1, -0.05) is 19.1 Å². The Labute approximate surface area is 137 Å². The monoisotopic (exact) mass is 367 g/mol. The molecule has 0 amide bonds. The van der Waals surface area contributed by atoms with Crippen molar-refractivity contribution < 1.29 is 9.47 Å².